The van der Waals surface area contributed by atoms with E-state index in [0.717, 1.165) is 77.8 Å². The molecule has 2 heterocycles. The van der Waals surface area contributed by atoms with E-state index in [-0.39, 0.29) is 11.9 Å². The van der Waals surface area contributed by atoms with Gasteiger partial charge in [0.25, 0.3) is 0 Å². The zero-order valence-corrected chi connectivity index (χ0v) is 20.3. The second-order valence-electron chi connectivity index (χ2n) is 9.32. The van der Waals surface area contributed by atoms with Gasteiger partial charge in [-0.05, 0) is 47.5 Å². The summed E-state index contributed by atoms with van der Waals surface area (Å²) in [4.78, 5) is 7.02. The molecule has 1 saturated heterocycles. The Hall–Kier alpha value is -3.87. The van der Waals surface area contributed by atoms with Crippen LogP contribution in [-0.2, 0) is 13.0 Å². The molecule has 0 amide bonds. The van der Waals surface area contributed by atoms with Crippen LogP contribution in [0.2, 0.25) is 0 Å². The molecule has 1 aliphatic rings. The van der Waals surface area contributed by atoms with E-state index in [1.54, 1.807) is 0 Å². The zero-order chi connectivity index (χ0) is 24.5. The summed E-state index contributed by atoms with van der Waals surface area (Å²) in [5, 5.41) is 17.8. The molecule has 180 valence electrons. The Morgan fingerprint density at radius 3 is 2.51 bits per heavy atom. The number of benzene rings is 3. The number of hydrogen-bond donors (Lipinski definition) is 3. The monoisotopic (exact) mass is 468 g/mol. The maximum atomic E-state index is 7.81. The number of piperidine rings is 1. The van der Waals surface area contributed by atoms with Crippen molar-refractivity contribution in [1.29, 1.82) is 10.8 Å². The molecule has 7 heteroatoms. The number of nitrogens with one attached hydrogen (secondary N) is 2. The Balaban J connectivity index is 1.38. The molecule has 0 aliphatic carbocycles. The predicted molar refractivity (Wildman–Crippen MR) is 142 cm³/mol. The highest BCUT2D eigenvalue weighted by atomic mass is 16.5. The van der Waals surface area contributed by atoms with Crippen molar-refractivity contribution in [2.24, 2.45) is 5.73 Å². The molecule has 0 spiro atoms. The summed E-state index contributed by atoms with van der Waals surface area (Å²) in [6.45, 7) is 6.44. The Bertz CT molecular complexity index is 1410. The fourth-order valence-electron chi connectivity index (χ4n) is 4.93. The smallest absolute Gasteiger partial charge is 0.122 e. The topological polar surface area (TPSA) is 104 Å². The molecule has 0 saturated carbocycles. The van der Waals surface area contributed by atoms with Gasteiger partial charge in [-0.2, -0.15) is 0 Å². The molecule has 1 aromatic heterocycles. The van der Waals surface area contributed by atoms with E-state index < -0.39 is 0 Å². The second-order valence-corrected chi connectivity index (χ2v) is 9.32. The van der Waals surface area contributed by atoms with Gasteiger partial charge in [0.1, 0.15) is 23.5 Å². The van der Waals surface area contributed by atoms with Crippen molar-refractivity contribution in [3.63, 3.8) is 0 Å². The van der Waals surface area contributed by atoms with Crippen LogP contribution in [0, 0.1) is 10.8 Å². The third-order valence-electron chi connectivity index (χ3n) is 6.89. The third-order valence-corrected chi connectivity index (χ3v) is 6.89. The molecule has 7 nitrogen and oxygen atoms in total. The van der Waals surface area contributed by atoms with Crippen molar-refractivity contribution in [3.05, 3.63) is 71.5 Å². The first-order valence-corrected chi connectivity index (χ1v) is 12.2. The van der Waals surface area contributed by atoms with Crippen molar-refractivity contribution < 1.29 is 4.74 Å². The van der Waals surface area contributed by atoms with Crippen LogP contribution < -0.4 is 10.5 Å². The van der Waals surface area contributed by atoms with Gasteiger partial charge in [0.05, 0.1) is 16.9 Å². The molecule has 0 unspecified atom stereocenters. The predicted octanol–water partition coefficient (Wildman–Crippen LogP) is 4.92. The normalized spacial score (nSPS) is 14.5. The molecule has 1 aliphatic heterocycles. The van der Waals surface area contributed by atoms with E-state index in [1.807, 2.05) is 31.2 Å². The van der Waals surface area contributed by atoms with E-state index >= 15 is 0 Å². The number of amidine groups is 2. The summed E-state index contributed by atoms with van der Waals surface area (Å²) < 4.78 is 8.58. The molecular formula is C28H32N6O. The van der Waals surface area contributed by atoms with Gasteiger partial charge in [0.15, 0.2) is 0 Å². The molecule has 0 radical (unpaired) electrons. The molecule has 4 N–H and O–H groups in total. The minimum Gasteiger partial charge on any atom is -0.490 e. The zero-order valence-electron chi connectivity index (χ0n) is 20.3. The quantitative estimate of drug-likeness (QED) is 0.276. The van der Waals surface area contributed by atoms with Gasteiger partial charge in [-0.1, -0.05) is 31.2 Å². The Morgan fingerprint density at radius 1 is 1.03 bits per heavy atom. The number of aromatic nitrogens is 2. The number of ether oxygens (including phenoxy) is 1. The van der Waals surface area contributed by atoms with Crippen LogP contribution in [0.4, 0.5) is 0 Å². The van der Waals surface area contributed by atoms with Gasteiger partial charge >= 0.3 is 0 Å². The molecule has 0 bridgehead atoms. The standard InChI is InChI=1S/C28H32N6O/c1-3-27-32-25-16-24(35-23-10-12-33(13-11-23)18(2)29)8-9-26(25)34(27)17-19-4-5-20-6-7-21(28(30)31)15-22(20)14-19/h4-9,14-16,23,29H,3,10-13,17H2,1-2H3,(H3,30,31). The summed E-state index contributed by atoms with van der Waals surface area (Å²) in [5.41, 5.74) is 9.66. The van der Waals surface area contributed by atoms with Crippen molar-refractivity contribution >= 4 is 33.5 Å². The van der Waals surface area contributed by atoms with Crippen molar-refractivity contribution in [3.8, 4) is 5.75 Å². The molecule has 5 rings (SSSR count). The average Bonchev–Trinajstić information content (AvgIpc) is 3.20. The Labute approximate surface area is 205 Å². The van der Waals surface area contributed by atoms with Crippen LogP contribution in [0.25, 0.3) is 21.8 Å². The average molecular weight is 469 g/mol. The lowest BCUT2D eigenvalue weighted by atomic mass is 10.0. The molecule has 4 aromatic rings. The SMILES string of the molecule is CCc1nc2cc(OC3CCN(C(C)=N)CC3)ccc2n1Cc1ccc2ccc(C(=N)N)cc2c1. The first-order chi connectivity index (χ1) is 16.9. The van der Waals surface area contributed by atoms with Crippen molar-refractivity contribution in [1.82, 2.24) is 14.5 Å². The fraction of sp³-hybridized carbons (Fsp3) is 0.321. The maximum Gasteiger partial charge on any atom is 0.122 e. The molecule has 1 fully saturated rings. The van der Waals surface area contributed by atoms with Crippen LogP contribution in [0.3, 0.4) is 0 Å². The number of likely N-dealkylation sites (tertiary alicyclic amines) is 1. The number of rotatable bonds is 6. The van der Waals surface area contributed by atoms with Gasteiger partial charge in [-0.25, -0.2) is 4.98 Å². The van der Waals surface area contributed by atoms with Crippen molar-refractivity contribution in [2.75, 3.05) is 13.1 Å². The number of fused-ring (bicyclic) bond motifs is 2. The summed E-state index contributed by atoms with van der Waals surface area (Å²) in [5.74, 6) is 2.62. The molecule has 3 aromatic carbocycles. The number of aryl methyl sites for hydroxylation is 1. The van der Waals surface area contributed by atoms with E-state index in [1.165, 1.54) is 5.56 Å². The third kappa shape index (κ3) is 4.71. The van der Waals surface area contributed by atoms with Gasteiger partial charge in [0, 0.05) is 50.5 Å². The lowest BCUT2D eigenvalue weighted by molar-refractivity contribution is 0.130. The maximum absolute atomic E-state index is 7.81. The van der Waals surface area contributed by atoms with Crippen LogP contribution in [0.1, 0.15) is 43.6 Å². The number of nitrogens with zero attached hydrogens (tertiary/aromatic N) is 3. The lowest BCUT2D eigenvalue weighted by Gasteiger charge is -2.32. The summed E-state index contributed by atoms with van der Waals surface area (Å²) >= 11 is 0. The van der Waals surface area contributed by atoms with E-state index in [2.05, 4.69) is 46.7 Å². The summed E-state index contributed by atoms with van der Waals surface area (Å²) in [6.07, 6.45) is 2.87. The second kappa shape index (κ2) is 9.41. The van der Waals surface area contributed by atoms with E-state index in [9.17, 15) is 0 Å². The molecule has 35 heavy (non-hydrogen) atoms. The number of hydrogen-bond acceptors (Lipinski definition) is 4. The highest BCUT2D eigenvalue weighted by Gasteiger charge is 2.21. The molecular weight excluding hydrogens is 436 g/mol. The largest absolute Gasteiger partial charge is 0.490 e. The van der Waals surface area contributed by atoms with Gasteiger partial charge < -0.3 is 19.9 Å². The van der Waals surface area contributed by atoms with E-state index in [0.29, 0.717) is 5.84 Å². The number of imidazole rings is 1. The first kappa shape index (κ1) is 22.9. The van der Waals surface area contributed by atoms with Gasteiger partial charge in [0.2, 0.25) is 0 Å². The van der Waals surface area contributed by atoms with Gasteiger partial charge in [-0.15, -0.1) is 0 Å². The lowest BCUT2D eigenvalue weighted by Crippen LogP contribution is -2.40. The van der Waals surface area contributed by atoms with Crippen LogP contribution in [0.5, 0.6) is 5.75 Å². The summed E-state index contributed by atoms with van der Waals surface area (Å²) in [6, 6.07) is 18.5. The minimum absolute atomic E-state index is 0.0830. The fourth-order valence-corrected chi connectivity index (χ4v) is 4.93. The van der Waals surface area contributed by atoms with Gasteiger partial charge in [-0.3, -0.25) is 10.8 Å². The Morgan fingerprint density at radius 2 is 1.80 bits per heavy atom. The first-order valence-electron chi connectivity index (χ1n) is 12.2. The highest BCUT2D eigenvalue weighted by Crippen LogP contribution is 2.27. The van der Waals surface area contributed by atoms with Crippen LogP contribution in [-0.4, -0.2) is 45.3 Å². The summed E-state index contributed by atoms with van der Waals surface area (Å²) in [7, 11) is 0. The van der Waals surface area contributed by atoms with Crippen LogP contribution in [0.15, 0.2) is 54.6 Å². The Kier molecular flexibility index (Phi) is 6.16. The molecule has 0 atom stereocenters. The van der Waals surface area contributed by atoms with Crippen LogP contribution >= 0.6 is 0 Å². The van der Waals surface area contributed by atoms with E-state index in [4.69, 9.17) is 26.3 Å². The number of nitrogen functional groups attached to an aromatic ring is 1. The van der Waals surface area contributed by atoms with Crippen molar-refractivity contribution in [2.45, 2.75) is 45.8 Å². The number of nitrogens with two attached hydrogens (primary N) is 1. The highest BCUT2D eigenvalue weighted by molar-refractivity contribution is 5.99. The minimum atomic E-state index is 0.0830.